The van der Waals surface area contributed by atoms with Crippen molar-refractivity contribution in [1.82, 2.24) is 0 Å². The van der Waals surface area contributed by atoms with Gasteiger partial charge in [-0.1, -0.05) is 6.07 Å². The fourth-order valence-corrected chi connectivity index (χ4v) is 1.95. The summed E-state index contributed by atoms with van der Waals surface area (Å²) in [7, 11) is 3.70. The largest absolute Gasteiger partial charge is 0.497 e. The smallest absolute Gasteiger partial charge is 0.119 e. The molecule has 2 rings (SSSR count). The average Bonchev–Trinajstić information content (AvgIpc) is 2.41. The van der Waals surface area contributed by atoms with Gasteiger partial charge in [0.25, 0.3) is 0 Å². The molecule has 3 nitrogen and oxygen atoms in total. The summed E-state index contributed by atoms with van der Waals surface area (Å²) in [6.07, 6.45) is 0. The molecule has 0 saturated carbocycles. The quantitative estimate of drug-likeness (QED) is 0.839. The molecule has 0 fully saturated rings. The zero-order valence-electron chi connectivity index (χ0n) is 11.0. The molecule has 0 aromatic heterocycles. The fraction of sp³-hybridized carbons (Fsp3) is 0.200. The van der Waals surface area contributed by atoms with Gasteiger partial charge in [0.15, 0.2) is 0 Å². The molecule has 0 aliphatic carbocycles. The normalized spacial score (nSPS) is 10.2. The summed E-state index contributed by atoms with van der Waals surface area (Å²) in [5, 5.41) is 0. The molecule has 0 heterocycles. The lowest BCUT2D eigenvalue weighted by Gasteiger charge is -2.22. The van der Waals surface area contributed by atoms with Crippen molar-refractivity contribution < 1.29 is 4.74 Å². The zero-order valence-corrected chi connectivity index (χ0v) is 11.0. The van der Waals surface area contributed by atoms with Gasteiger partial charge in [0.05, 0.1) is 7.11 Å². The molecule has 0 bridgehead atoms. The van der Waals surface area contributed by atoms with E-state index in [1.807, 2.05) is 50.4 Å². The van der Waals surface area contributed by atoms with E-state index in [0.29, 0.717) is 0 Å². The van der Waals surface area contributed by atoms with Gasteiger partial charge in [0.1, 0.15) is 5.75 Å². The highest BCUT2D eigenvalue weighted by Crippen LogP contribution is 2.30. The first kappa shape index (κ1) is 12.3. The Morgan fingerprint density at radius 3 is 2.33 bits per heavy atom. The molecule has 0 atom stereocenters. The molecule has 3 heteroatoms. The molecule has 0 amide bonds. The first-order valence-electron chi connectivity index (χ1n) is 5.86. The van der Waals surface area contributed by atoms with Gasteiger partial charge in [-0.25, -0.2) is 0 Å². The highest BCUT2D eigenvalue weighted by molar-refractivity contribution is 5.71. The molecule has 0 saturated heterocycles. The SMILES string of the molecule is COc1ccc(N(C)c2cccc(N)c2C)cc1. The maximum Gasteiger partial charge on any atom is 0.119 e. The number of nitrogens with zero attached hydrogens (tertiary/aromatic N) is 1. The van der Waals surface area contributed by atoms with Crippen LogP contribution in [0.25, 0.3) is 0 Å². The van der Waals surface area contributed by atoms with Gasteiger partial charge in [0.2, 0.25) is 0 Å². The van der Waals surface area contributed by atoms with Crippen molar-refractivity contribution in [1.29, 1.82) is 0 Å². The van der Waals surface area contributed by atoms with Crippen molar-refractivity contribution >= 4 is 17.1 Å². The van der Waals surface area contributed by atoms with Gasteiger partial charge < -0.3 is 15.4 Å². The van der Waals surface area contributed by atoms with Crippen LogP contribution in [0.5, 0.6) is 5.75 Å². The summed E-state index contributed by atoms with van der Waals surface area (Å²) >= 11 is 0. The van der Waals surface area contributed by atoms with E-state index in [2.05, 4.69) is 11.0 Å². The van der Waals surface area contributed by atoms with Gasteiger partial charge >= 0.3 is 0 Å². The lowest BCUT2D eigenvalue weighted by Crippen LogP contribution is -2.11. The van der Waals surface area contributed by atoms with Crippen LogP contribution in [0.3, 0.4) is 0 Å². The molecule has 18 heavy (non-hydrogen) atoms. The first-order chi connectivity index (χ1) is 8.63. The van der Waals surface area contributed by atoms with Crippen molar-refractivity contribution in [2.45, 2.75) is 6.92 Å². The van der Waals surface area contributed by atoms with E-state index in [-0.39, 0.29) is 0 Å². The summed E-state index contributed by atoms with van der Waals surface area (Å²) in [5.74, 6) is 0.858. The molecule has 0 unspecified atom stereocenters. The van der Waals surface area contributed by atoms with Gasteiger partial charge in [-0.2, -0.15) is 0 Å². The highest BCUT2D eigenvalue weighted by Gasteiger charge is 2.08. The summed E-state index contributed by atoms with van der Waals surface area (Å²) in [6.45, 7) is 2.03. The van der Waals surface area contributed by atoms with Gasteiger partial charge in [-0.3, -0.25) is 0 Å². The number of methoxy groups -OCH3 is 1. The lowest BCUT2D eigenvalue weighted by molar-refractivity contribution is 0.415. The van der Waals surface area contributed by atoms with Crippen LogP contribution in [0.2, 0.25) is 0 Å². The van der Waals surface area contributed by atoms with E-state index in [0.717, 1.165) is 28.4 Å². The third-order valence-electron chi connectivity index (χ3n) is 3.17. The van der Waals surface area contributed by atoms with Gasteiger partial charge in [-0.05, 0) is 48.9 Å². The summed E-state index contributed by atoms with van der Waals surface area (Å²) in [4.78, 5) is 2.12. The van der Waals surface area contributed by atoms with Crippen molar-refractivity contribution in [3.05, 3.63) is 48.0 Å². The number of ether oxygens (including phenoxy) is 1. The Labute approximate surface area is 108 Å². The topological polar surface area (TPSA) is 38.5 Å². The lowest BCUT2D eigenvalue weighted by atomic mass is 10.1. The summed E-state index contributed by atoms with van der Waals surface area (Å²) in [6, 6.07) is 13.9. The predicted octanol–water partition coefficient (Wildman–Crippen LogP) is 3.35. The van der Waals surface area contributed by atoms with E-state index in [9.17, 15) is 0 Å². The average molecular weight is 242 g/mol. The van der Waals surface area contributed by atoms with E-state index in [1.54, 1.807) is 7.11 Å². The zero-order chi connectivity index (χ0) is 13.1. The second-order valence-corrected chi connectivity index (χ2v) is 4.25. The minimum Gasteiger partial charge on any atom is -0.497 e. The Balaban J connectivity index is 2.35. The second-order valence-electron chi connectivity index (χ2n) is 4.25. The molecule has 2 N–H and O–H groups in total. The Bertz CT molecular complexity index is 535. The Morgan fingerprint density at radius 1 is 1.06 bits per heavy atom. The first-order valence-corrected chi connectivity index (χ1v) is 5.86. The maximum absolute atomic E-state index is 5.94. The second kappa shape index (κ2) is 5.00. The van der Waals surface area contributed by atoms with Crippen LogP contribution < -0.4 is 15.4 Å². The number of hydrogen-bond acceptors (Lipinski definition) is 3. The Hall–Kier alpha value is -2.16. The molecule has 0 aliphatic heterocycles. The predicted molar refractivity (Wildman–Crippen MR) is 76.6 cm³/mol. The minimum absolute atomic E-state index is 0.813. The standard InChI is InChI=1S/C15H18N2O/c1-11-14(16)5-4-6-15(11)17(2)12-7-9-13(18-3)10-8-12/h4-10H,16H2,1-3H3. The van der Waals surface area contributed by atoms with Crippen LogP contribution in [0, 0.1) is 6.92 Å². The number of benzene rings is 2. The molecule has 0 spiro atoms. The van der Waals surface area contributed by atoms with E-state index >= 15 is 0 Å². The fourth-order valence-electron chi connectivity index (χ4n) is 1.95. The van der Waals surface area contributed by atoms with E-state index < -0.39 is 0 Å². The molecular weight excluding hydrogens is 224 g/mol. The summed E-state index contributed by atoms with van der Waals surface area (Å²) in [5.41, 5.74) is 10.1. The number of hydrogen-bond donors (Lipinski definition) is 1. The van der Waals surface area contributed by atoms with Crippen molar-refractivity contribution in [2.75, 3.05) is 24.8 Å². The monoisotopic (exact) mass is 242 g/mol. The van der Waals surface area contributed by atoms with Crippen molar-refractivity contribution in [3.63, 3.8) is 0 Å². The van der Waals surface area contributed by atoms with E-state index in [1.165, 1.54) is 0 Å². The minimum atomic E-state index is 0.813. The molecule has 0 radical (unpaired) electrons. The van der Waals surface area contributed by atoms with Crippen LogP contribution >= 0.6 is 0 Å². The molecular formula is C15H18N2O. The number of anilines is 3. The third kappa shape index (κ3) is 2.25. The van der Waals surface area contributed by atoms with Crippen molar-refractivity contribution in [3.8, 4) is 5.75 Å². The maximum atomic E-state index is 5.94. The third-order valence-corrected chi connectivity index (χ3v) is 3.17. The van der Waals surface area contributed by atoms with Crippen LogP contribution in [0.15, 0.2) is 42.5 Å². The highest BCUT2D eigenvalue weighted by atomic mass is 16.5. The Morgan fingerprint density at radius 2 is 1.72 bits per heavy atom. The summed E-state index contributed by atoms with van der Waals surface area (Å²) < 4.78 is 5.16. The van der Waals surface area contributed by atoms with Crippen LogP contribution in [0.1, 0.15) is 5.56 Å². The van der Waals surface area contributed by atoms with Crippen LogP contribution in [-0.2, 0) is 0 Å². The number of nitrogen functional groups attached to an aromatic ring is 1. The van der Waals surface area contributed by atoms with E-state index in [4.69, 9.17) is 10.5 Å². The molecule has 94 valence electrons. The Kier molecular flexibility index (Phi) is 3.42. The number of rotatable bonds is 3. The van der Waals surface area contributed by atoms with Crippen LogP contribution in [-0.4, -0.2) is 14.2 Å². The molecule has 0 aliphatic rings. The van der Waals surface area contributed by atoms with Gasteiger partial charge in [0, 0.05) is 24.1 Å². The van der Waals surface area contributed by atoms with Crippen LogP contribution in [0.4, 0.5) is 17.1 Å². The van der Waals surface area contributed by atoms with Gasteiger partial charge in [-0.15, -0.1) is 0 Å². The molecule has 2 aromatic carbocycles. The van der Waals surface area contributed by atoms with Crippen molar-refractivity contribution in [2.24, 2.45) is 0 Å². The molecule has 2 aromatic rings. The number of nitrogens with two attached hydrogens (primary N) is 1.